The molecule has 0 aromatic rings. The van der Waals surface area contributed by atoms with Gasteiger partial charge in [0.2, 0.25) is 0 Å². The molecule has 3 heterocycles. The van der Waals surface area contributed by atoms with E-state index >= 15 is 0 Å². The first-order chi connectivity index (χ1) is 7.31. The molecular formula is C12H16O3. The molecular weight excluding hydrogens is 192 g/mol. The van der Waals surface area contributed by atoms with Crippen molar-refractivity contribution >= 4 is 5.97 Å². The molecule has 3 heteroatoms. The molecule has 15 heavy (non-hydrogen) atoms. The van der Waals surface area contributed by atoms with E-state index in [1.54, 1.807) is 0 Å². The number of ether oxygens (including phenoxy) is 2. The Morgan fingerprint density at radius 2 is 2.13 bits per heavy atom. The van der Waals surface area contributed by atoms with Crippen LogP contribution in [0.5, 0.6) is 0 Å². The van der Waals surface area contributed by atoms with E-state index in [2.05, 4.69) is 13.0 Å². The number of hydrogen-bond donors (Lipinski definition) is 0. The van der Waals surface area contributed by atoms with Gasteiger partial charge in [0, 0.05) is 5.92 Å². The van der Waals surface area contributed by atoms with Crippen LogP contribution in [0.4, 0.5) is 0 Å². The quantitative estimate of drug-likeness (QED) is 0.523. The second-order valence-electron chi connectivity index (χ2n) is 4.67. The van der Waals surface area contributed by atoms with Gasteiger partial charge in [0.15, 0.2) is 0 Å². The number of rotatable bonds is 3. The molecule has 0 aliphatic carbocycles. The van der Waals surface area contributed by atoms with Crippen LogP contribution in [0, 0.1) is 11.8 Å². The van der Waals surface area contributed by atoms with Gasteiger partial charge in [-0.1, -0.05) is 31.9 Å². The first-order valence-electron chi connectivity index (χ1n) is 5.85. The molecule has 2 saturated heterocycles. The summed E-state index contributed by atoms with van der Waals surface area (Å²) in [5.41, 5.74) is 0. The third kappa shape index (κ3) is 1.26. The molecule has 3 aliphatic heterocycles. The molecule has 5 atom stereocenters. The van der Waals surface area contributed by atoms with Crippen molar-refractivity contribution in [1.82, 2.24) is 0 Å². The molecule has 0 unspecified atom stereocenters. The maximum absolute atomic E-state index is 11.7. The number of cyclic esters (lactones) is 1. The van der Waals surface area contributed by atoms with Gasteiger partial charge in [-0.15, -0.1) is 0 Å². The fraction of sp³-hybridized carbons (Fsp3) is 0.750. The van der Waals surface area contributed by atoms with Gasteiger partial charge in [0.25, 0.3) is 0 Å². The van der Waals surface area contributed by atoms with Crippen LogP contribution in [0.1, 0.15) is 26.2 Å². The summed E-state index contributed by atoms with van der Waals surface area (Å²) in [6.45, 7) is 2.16. The molecule has 2 fully saturated rings. The van der Waals surface area contributed by atoms with Crippen LogP contribution in [0.15, 0.2) is 12.2 Å². The largest absolute Gasteiger partial charge is 0.462 e. The lowest BCUT2D eigenvalue weighted by Gasteiger charge is -2.19. The van der Waals surface area contributed by atoms with Crippen LogP contribution < -0.4 is 0 Å². The van der Waals surface area contributed by atoms with E-state index in [1.807, 2.05) is 6.08 Å². The summed E-state index contributed by atoms with van der Waals surface area (Å²) in [4.78, 5) is 11.7. The molecule has 0 saturated carbocycles. The zero-order valence-electron chi connectivity index (χ0n) is 8.89. The Bertz CT molecular complexity index is 310. The second kappa shape index (κ2) is 3.34. The van der Waals surface area contributed by atoms with E-state index in [4.69, 9.17) is 9.47 Å². The van der Waals surface area contributed by atoms with Gasteiger partial charge in [-0.2, -0.15) is 0 Å². The van der Waals surface area contributed by atoms with E-state index in [9.17, 15) is 4.79 Å². The lowest BCUT2D eigenvalue weighted by Crippen LogP contribution is -2.28. The molecule has 82 valence electrons. The van der Waals surface area contributed by atoms with Gasteiger partial charge >= 0.3 is 5.97 Å². The predicted molar refractivity (Wildman–Crippen MR) is 54.2 cm³/mol. The molecule has 0 aromatic heterocycles. The number of fused-ring (bicyclic) bond motifs is 5. The summed E-state index contributed by atoms with van der Waals surface area (Å²) in [5.74, 6) is 0.235. The minimum atomic E-state index is -0.0436. The second-order valence-corrected chi connectivity index (χ2v) is 4.67. The van der Waals surface area contributed by atoms with E-state index < -0.39 is 0 Å². The van der Waals surface area contributed by atoms with Crippen LogP contribution in [-0.2, 0) is 14.3 Å². The number of carbonyl (C=O) groups is 1. The molecule has 0 aromatic carbocycles. The zero-order valence-corrected chi connectivity index (χ0v) is 8.89. The van der Waals surface area contributed by atoms with Crippen molar-refractivity contribution in [2.75, 3.05) is 0 Å². The zero-order chi connectivity index (χ0) is 10.4. The number of esters is 1. The van der Waals surface area contributed by atoms with E-state index in [0.717, 1.165) is 19.3 Å². The topological polar surface area (TPSA) is 35.5 Å². The van der Waals surface area contributed by atoms with Gasteiger partial charge in [-0.05, 0) is 6.42 Å². The van der Waals surface area contributed by atoms with Crippen molar-refractivity contribution < 1.29 is 14.3 Å². The van der Waals surface area contributed by atoms with Crippen molar-refractivity contribution in [2.45, 2.75) is 44.5 Å². The lowest BCUT2D eigenvalue weighted by atomic mass is 9.80. The first-order valence-corrected chi connectivity index (χ1v) is 5.85. The fourth-order valence-electron chi connectivity index (χ4n) is 3.04. The number of hydrogen-bond acceptors (Lipinski definition) is 3. The smallest absolute Gasteiger partial charge is 0.312 e. The highest BCUT2D eigenvalue weighted by Crippen LogP contribution is 2.47. The highest BCUT2D eigenvalue weighted by molar-refractivity contribution is 5.77. The van der Waals surface area contributed by atoms with Crippen LogP contribution >= 0.6 is 0 Å². The van der Waals surface area contributed by atoms with Crippen molar-refractivity contribution in [3.8, 4) is 0 Å². The minimum Gasteiger partial charge on any atom is -0.462 e. The SMILES string of the molecule is CCCC[C@H]1OC(=O)[C@@H]2[C@@H]1[C@H]1C=C[C@@H]2O1. The Labute approximate surface area is 89.4 Å². The fourth-order valence-corrected chi connectivity index (χ4v) is 3.04. The van der Waals surface area contributed by atoms with Crippen LogP contribution in [0.3, 0.4) is 0 Å². The molecule has 0 N–H and O–H groups in total. The molecule has 0 amide bonds. The molecule has 0 radical (unpaired) electrons. The highest BCUT2D eigenvalue weighted by atomic mass is 16.6. The highest BCUT2D eigenvalue weighted by Gasteiger charge is 2.58. The van der Waals surface area contributed by atoms with Crippen LogP contribution in [0.2, 0.25) is 0 Å². The summed E-state index contributed by atoms with van der Waals surface area (Å²) < 4.78 is 11.2. The Hall–Kier alpha value is -0.830. The minimum absolute atomic E-state index is 0.000809. The van der Waals surface area contributed by atoms with Gasteiger partial charge in [-0.3, -0.25) is 4.79 Å². The Kier molecular flexibility index (Phi) is 2.09. The Morgan fingerprint density at radius 1 is 1.33 bits per heavy atom. The van der Waals surface area contributed by atoms with Crippen molar-refractivity contribution in [3.05, 3.63) is 12.2 Å². The maximum atomic E-state index is 11.7. The maximum Gasteiger partial charge on any atom is 0.312 e. The van der Waals surface area contributed by atoms with Gasteiger partial charge in [0.1, 0.15) is 6.10 Å². The summed E-state index contributed by atoms with van der Waals surface area (Å²) in [5, 5.41) is 0. The Balaban J connectivity index is 1.78. The summed E-state index contributed by atoms with van der Waals surface area (Å²) in [7, 11) is 0. The molecule has 3 rings (SSSR count). The summed E-state index contributed by atoms with van der Waals surface area (Å²) >= 11 is 0. The van der Waals surface area contributed by atoms with Crippen LogP contribution in [-0.4, -0.2) is 24.3 Å². The Morgan fingerprint density at radius 3 is 2.93 bits per heavy atom. The number of unbranched alkanes of at least 4 members (excludes halogenated alkanes) is 1. The van der Waals surface area contributed by atoms with E-state index in [0.29, 0.717) is 5.92 Å². The average Bonchev–Trinajstić information content (AvgIpc) is 2.88. The average molecular weight is 208 g/mol. The summed E-state index contributed by atoms with van der Waals surface area (Å²) in [6.07, 6.45) is 7.60. The lowest BCUT2D eigenvalue weighted by molar-refractivity contribution is -0.147. The van der Waals surface area contributed by atoms with E-state index in [-0.39, 0.29) is 30.2 Å². The molecule has 3 nitrogen and oxygen atoms in total. The van der Waals surface area contributed by atoms with Gasteiger partial charge < -0.3 is 9.47 Å². The molecule has 3 aliphatic rings. The summed E-state index contributed by atoms with van der Waals surface area (Å²) in [6, 6.07) is 0. The normalized spacial score (nSPS) is 45.9. The molecule has 2 bridgehead atoms. The molecule has 0 spiro atoms. The predicted octanol–water partition coefficient (Wildman–Crippen LogP) is 1.67. The number of carbonyl (C=O) groups excluding carboxylic acids is 1. The third-order valence-corrected chi connectivity index (χ3v) is 3.76. The van der Waals surface area contributed by atoms with Gasteiger partial charge in [0.05, 0.1) is 18.1 Å². The standard InChI is InChI=1S/C12H16O3/c1-2-3-4-7-10-8-5-6-9(14-8)11(10)12(13)15-7/h5-11H,2-4H2,1H3/t7-,8-,9+,10+,11+/m1/s1. The van der Waals surface area contributed by atoms with Crippen molar-refractivity contribution in [1.29, 1.82) is 0 Å². The van der Waals surface area contributed by atoms with Crippen molar-refractivity contribution in [3.63, 3.8) is 0 Å². The monoisotopic (exact) mass is 208 g/mol. The van der Waals surface area contributed by atoms with E-state index in [1.165, 1.54) is 0 Å². The first kappa shape index (κ1) is 9.40. The third-order valence-electron chi connectivity index (χ3n) is 3.76. The van der Waals surface area contributed by atoms with Crippen LogP contribution in [0.25, 0.3) is 0 Å². The van der Waals surface area contributed by atoms with Crippen molar-refractivity contribution in [2.24, 2.45) is 11.8 Å². The van der Waals surface area contributed by atoms with Gasteiger partial charge in [-0.25, -0.2) is 0 Å².